The van der Waals surface area contributed by atoms with Crippen LogP contribution in [0.3, 0.4) is 0 Å². The first-order chi connectivity index (χ1) is 16.2. The van der Waals surface area contributed by atoms with Crippen LogP contribution in [0.25, 0.3) is 5.76 Å². The molecule has 5 nitrogen and oxygen atoms in total. The topological polar surface area (TPSA) is 66.8 Å². The first-order valence-corrected chi connectivity index (χ1v) is 12.0. The zero-order valence-corrected chi connectivity index (χ0v) is 20.2. The lowest BCUT2D eigenvalue weighted by Gasteiger charge is -2.35. The molecular formula is C28H32FNO4. The van der Waals surface area contributed by atoms with Crippen molar-refractivity contribution in [1.29, 1.82) is 0 Å². The van der Waals surface area contributed by atoms with Crippen molar-refractivity contribution in [3.8, 4) is 5.75 Å². The summed E-state index contributed by atoms with van der Waals surface area (Å²) in [6.45, 7) is 5.89. The van der Waals surface area contributed by atoms with E-state index in [1.165, 1.54) is 12.1 Å². The van der Waals surface area contributed by atoms with E-state index < -0.39 is 23.5 Å². The zero-order chi connectivity index (χ0) is 24.6. The summed E-state index contributed by atoms with van der Waals surface area (Å²) in [5, 5.41) is 11.5. The molecule has 1 unspecified atom stereocenters. The first-order valence-electron chi connectivity index (χ1n) is 12.0. The number of hydrogen-bond acceptors (Lipinski definition) is 4. The van der Waals surface area contributed by atoms with Crippen LogP contribution in [0.15, 0.2) is 42.0 Å². The summed E-state index contributed by atoms with van der Waals surface area (Å²) in [4.78, 5) is 28.3. The van der Waals surface area contributed by atoms with Gasteiger partial charge in [0.05, 0.1) is 18.7 Å². The Balaban J connectivity index is 1.92. The predicted octanol–water partition coefficient (Wildman–Crippen LogP) is 6.02. The number of ketones is 1. The minimum atomic E-state index is -0.757. The van der Waals surface area contributed by atoms with E-state index in [4.69, 9.17) is 4.74 Å². The minimum absolute atomic E-state index is 0.0603. The van der Waals surface area contributed by atoms with Crippen molar-refractivity contribution in [3.63, 3.8) is 0 Å². The Morgan fingerprint density at radius 1 is 1.09 bits per heavy atom. The van der Waals surface area contributed by atoms with E-state index in [-0.39, 0.29) is 23.3 Å². The van der Waals surface area contributed by atoms with Crippen LogP contribution in [-0.4, -0.2) is 34.8 Å². The Bertz CT molecular complexity index is 1130. The van der Waals surface area contributed by atoms with Crippen molar-refractivity contribution >= 4 is 17.4 Å². The monoisotopic (exact) mass is 465 g/mol. The van der Waals surface area contributed by atoms with Gasteiger partial charge in [-0.1, -0.05) is 45.2 Å². The third-order valence-corrected chi connectivity index (χ3v) is 7.09. The molecule has 1 saturated carbocycles. The highest BCUT2D eigenvalue weighted by atomic mass is 19.1. The second-order valence-electron chi connectivity index (χ2n) is 9.61. The maximum absolute atomic E-state index is 13.7. The maximum Gasteiger partial charge on any atom is 0.295 e. The molecule has 0 aromatic heterocycles. The number of hydrogen-bond donors (Lipinski definition) is 1. The number of Topliss-reactive ketones (excluding diaryl/α,β-unsaturated/α-hetero) is 1. The molecule has 2 aromatic rings. The summed E-state index contributed by atoms with van der Waals surface area (Å²) >= 11 is 0. The molecule has 2 fully saturated rings. The highest BCUT2D eigenvalue weighted by Gasteiger charge is 2.49. The summed E-state index contributed by atoms with van der Waals surface area (Å²) in [7, 11) is 1.60. The standard InChI is InChI=1S/C28H32FNO4/c1-16(2)21-15-22(17(3)14-23(21)34-4)26(31)24-25(18-10-12-19(29)13-11-18)30(28(33)27(24)32)20-8-6-5-7-9-20/h10-16,20,25,31H,5-9H2,1-4H3/b26-24+. The number of methoxy groups -OCH3 is 1. The number of aryl methyl sites for hydroxylation is 1. The smallest absolute Gasteiger partial charge is 0.295 e. The van der Waals surface area contributed by atoms with Crippen LogP contribution in [0.1, 0.15) is 80.2 Å². The third kappa shape index (κ3) is 4.22. The Hall–Kier alpha value is -3.15. The molecule has 2 aromatic carbocycles. The fraction of sp³-hybridized carbons (Fsp3) is 0.429. The Morgan fingerprint density at radius 3 is 2.32 bits per heavy atom. The van der Waals surface area contributed by atoms with E-state index >= 15 is 0 Å². The van der Waals surface area contributed by atoms with Gasteiger partial charge in [-0.15, -0.1) is 0 Å². The van der Waals surface area contributed by atoms with Gasteiger partial charge in [-0.3, -0.25) is 9.59 Å². The van der Waals surface area contributed by atoms with Crippen molar-refractivity contribution in [1.82, 2.24) is 4.90 Å². The minimum Gasteiger partial charge on any atom is -0.507 e. The van der Waals surface area contributed by atoms with Crippen LogP contribution in [0.2, 0.25) is 0 Å². The molecule has 1 heterocycles. The molecule has 1 amide bonds. The number of nitrogens with zero attached hydrogens (tertiary/aromatic N) is 1. The second-order valence-corrected chi connectivity index (χ2v) is 9.61. The fourth-order valence-corrected chi connectivity index (χ4v) is 5.28. The Morgan fingerprint density at radius 2 is 1.74 bits per heavy atom. The number of carbonyl (C=O) groups is 2. The SMILES string of the molecule is COc1cc(C)c(/C(O)=C2\C(=O)C(=O)N(C3CCCCC3)C2c2ccc(F)cc2)cc1C(C)C. The Labute approximate surface area is 200 Å². The number of halogens is 1. The van der Waals surface area contributed by atoms with Crippen molar-refractivity contribution in [3.05, 3.63) is 70.0 Å². The molecule has 1 N–H and O–H groups in total. The number of ether oxygens (including phenoxy) is 1. The molecule has 1 saturated heterocycles. The van der Waals surface area contributed by atoms with Gasteiger partial charge in [-0.05, 0) is 66.6 Å². The van der Waals surface area contributed by atoms with E-state index in [2.05, 4.69) is 0 Å². The lowest BCUT2D eigenvalue weighted by Crippen LogP contribution is -2.40. The van der Waals surface area contributed by atoms with E-state index in [1.807, 2.05) is 32.9 Å². The molecular weight excluding hydrogens is 433 g/mol. The maximum atomic E-state index is 13.7. The molecule has 1 atom stereocenters. The molecule has 0 spiro atoms. The molecule has 4 rings (SSSR count). The average molecular weight is 466 g/mol. The Kier molecular flexibility index (Phi) is 6.78. The summed E-state index contributed by atoms with van der Waals surface area (Å²) in [5.41, 5.74) is 2.81. The van der Waals surface area contributed by atoms with E-state index in [0.717, 1.165) is 43.2 Å². The van der Waals surface area contributed by atoms with Crippen molar-refractivity contribution < 1.29 is 23.8 Å². The van der Waals surface area contributed by atoms with Crippen molar-refractivity contribution in [2.45, 2.75) is 70.9 Å². The van der Waals surface area contributed by atoms with Crippen LogP contribution in [0.4, 0.5) is 4.39 Å². The number of rotatable bonds is 5. The highest BCUT2D eigenvalue weighted by molar-refractivity contribution is 6.46. The van der Waals surface area contributed by atoms with Crippen LogP contribution < -0.4 is 4.74 Å². The van der Waals surface area contributed by atoms with E-state index in [9.17, 15) is 19.1 Å². The van der Waals surface area contributed by atoms with Crippen molar-refractivity contribution in [2.24, 2.45) is 0 Å². The number of aliphatic hydroxyl groups is 1. The third-order valence-electron chi connectivity index (χ3n) is 7.09. The number of aliphatic hydroxyl groups excluding tert-OH is 1. The largest absolute Gasteiger partial charge is 0.507 e. The quantitative estimate of drug-likeness (QED) is 0.333. The summed E-state index contributed by atoms with van der Waals surface area (Å²) in [5.74, 6) is -1.06. The molecule has 0 radical (unpaired) electrons. The van der Waals surface area contributed by atoms with Gasteiger partial charge in [0.2, 0.25) is 0 Å². The lowest BCUT2D eigenvalue weighted by atomic mass is 9.89. The average Bonchev–Trinajstić information content (AvgIpc) is 3.09. The first kappa shape index (κ1) is 24.0. The fourth-order valence-electron chi connectivity index (χ4n) is 5.28. The number of likely N-dealkylation sites (tertiary alicyclic amines) is 1. The number of carbonyl (C=O) groups excluding carboxylic acids is 2. The van der Waals surface area contributed by atoms with Crippen LogP contribution in [-0.2, 0) is 9.59 Å². The van der Waals surface area contributed by atoms with Gasteiger partial charge in [0.1, 0.15) is 17.3 Å². The van der Waals surface area contributed by atoms with Gasteiger partial charge in [-0.25, -0.2) is 4.39 Å². The van der Waals surface area contributed by atoms with E-state index in [1.54, 1.807) is 24.1 Å². The van der Waals surface area contributed by atoms with Crippen LogP contribution in [0.5, 0.6) is 5.75 Å². The lowest BCUT2D eigenvalue weighted by molar-refractivity contribution is -0.141. The normalized spacial score (nSPS) is 20.9. The van der Waals surface area contributed by atoms with Gasteiger partial charge in [0.15, 0.2) is 0 Å². The van der Waals surface area contributed by atoms with Crippen LogP contribution in [0, 0.1) is 12.7 Å². The predicted molar refractivity (Wildman–Crippen MR) is 129 cm³/mol. The van der Waals surface area contributed by atoms with Gasteiger partial charge in [-0.2, -0.15) is 0 Å². The molecule has 180 valence electrons. The summed E-state index contributed by atoms with van der Waals surface area (Å²) < 4.78 is 19.2. The molecule has 1 aliphatic heterocycles. The van der Waals surface area contributed by atoms with E-state index in [0.29, 0.717) is 16.9 Å². The van der Waals surface area contributed by atoms with Gasteiger partial charge >= 0.3 is 0 Å². The number of benzene rings is 2. The number of amides is 1. The van der Waals surface area contributed by atoms with Crippen LogP contribution >= 0.6 is 0 Å². The van der Waals surface area contributed by atoms with Gasteiger partial charge in [0.25, 0.3) is 11.7 Å². The van der Waals surface area contributed by atoms with Crippen molar-refractivity contribution in [2.75, 3.05) is 7.11 Å². The molecule has 1 aliphatic carbocycles. The van der Waals surface area contributed by atoms with Gasteiger partial charge < -0.3 is 14.7 Å². The highest BCUT2D eigenvalue weighted by Crippen LogP contribution is 2.44. The summed E-state index contributed by atoms with van der Waals surface area (Å²) in [6, 6.07) is 8.67. The molecule has 34 heavy (non-hydrogen) atoms. The molecule has 0 bridgehead atoms. The van der Waals surface area contributed by atoms with Gasteiger partial charge in [0, 0.05) is 11.6 Å². The molecule has 2 aliphatic rings. The second kappa shape index (κ2) is 9.61. The summed E-state index contributed by atoms with van der Waals surface area (Å²) in [6.07, 6.45) is 4.69. The molecule has 6 heteroatoms. The zero-order valence-electron chi connectivity index (χ0n) is 20.2.